The number of ether oxygens (including phenoxy) is 2. The number of benzene rings is 2. The molecule has 0 aliphatic rings. The van der Waals surface area contributed by atoms with Crippen LogP contribution < -0.4 is 9.47 Å². The molecule has 0 saturated carbocycles. The van der Waals surface area contributed by atoms with E-state index in [0.29, 0.717) is 5.75 Å². The fourth-order valence-corrected chi connectivity index (χ4v) is 3.70. The summed E-state index contributed by atoms with van der Waals surface area (Å²) in [6.45, 7) is 0.00687. The third-order valence-corrected chi connectivity index (χ3v) is 4.83. The molecule has 0 radical (unpaired) electrons. The number of rotatable bonds is 5. The van der Waals surface area contributed by atoms with Crippen molar-refractivity contribution in [2.24, 2.45) is 0 Å². The van der Waals surface area contributed by atoms with Crippen LogP contribution in [0.25, 0.3) is 10.2 Å². The maximum absolute atomic E-state index is 12.0. The second-order valence-corrected chi connectivity index (χ2v) is 6.72. The highest BCUT2D eigenvalue weighted by Crippen LogP contribution is 2.29. The first-order valence-corrected chi connectivity index (χ1v) is 8.21. The monoisotopic (exact) mass is 331 g/mol. The van der Waals surface area contributed by atoms with Crippen molar-refractivity contribution in [3.8, 4) is 11.5 Å². The third kappa shape index (κ3) is 3.58. The van der Waals surface area contributed by atoms with Gasteiger partial charge in [0.2, 0.25) is 5.12 Å². The van der Waals surface area contributed by atoms with Crippen LogP contribution in [0.3, 0.4) is 0 Å². The highest BCUT2D eigenvalue weighted by Gasteiger charge is 2.10. The van der Waals surface area contributed by atoms with E-state index in [9.17, 15) is 4.79 Å². The molecule has 0 saturated heterocycles. The van der Waals surface area contributed by atoms with Gasteiger partial charge in [0.15, 0.2) is 10.9 Å². The molecule has 3 aromatic rings. The van der Waals surface area contributed by atoms with E-state index in [1.165, 1.54) is 11.3 Å². The SMILES string of the molecule is COc1ccc(OCC(=O)Sc2nc3ccccc3s2)cc1. The molecule has 0 N–H and O–H groups in total. The molecule has 0 aliphatic carbocycles. The predicted molar refractivity (Wildman–Crippen MR) is 89.0 cm³/mol. The quantitative estimate of drug-likeness (QED) is 0.661. The Morgan fingerprint density at radius 2 is 1.86 bits per heavy atom. The fourth-order valence-electron chi connectivity index (χ4n) is 1.84. The van der Waals surface area contributed by atoms with Crippen molar-refractivity contribution >= 4 is 38.4 Å². The summed E-state index contributed by atoms with van der Waals surface area (Å²) in [4.78, 5) is 16.4. The van der Waals surface area contributed by atoms with Crippen LogP contribution in [0.1, 0.15) is 0 Å². The lowest BCUT2D eigenvalue weighted by atomic mass is 10.3. The van der Waals surface area contributed by atoms with Crippen LogP contribution in [0.15, 0.2) is 52.9 Å². The molecule has 0 atom stereocenters. The summed E-state index contributed by atoms with van der Waals surface area (Å²) >= 11 is 2.63. The van der Waals surface area contributed by atoms with Crippen molar-refractivity contribution in [3.05, 3.63) is 48.5 Å². The lowest BCUT2D eigenvalue weighted by Gasteiger charge is -2.05. The molecule has 4 nitrogen and oxygen atoms in total. The fraction of sp³-hybridized carbons (Fsp3) is 0.125. The van der Waals surface area contributed by atoms with E-state index >= 15 is 0 Å². The molecular formula is C16H13NO3S2. The zero-order valence-electron chi connectivity index (χ0n) is 11.8. The predicted octanol–water partition coefficient (Wildman–Crippen LogP) is 4.00. The third-order valence-electron chi connectivity index (χ3n) is 2.89. The minimum Gasteiger partial charge on any atom is -0.497 e. The minimum absolute atomic E-state index is 0.00687. The van der Waals surface area contributed by atoms with Crippen molar-refractivity contribution in [1.29, 1.82) is 0 Å². The van der Waals surface area contributed by atoms with Gasteiger partial charge < -0.3 is 9.47 Å². The number of aromatic nitrogens is 1. The molecule has 6 heteroatoms. The number of carbonyl (C=O) groups excluding carboxylic acids is 1. The summed E-state index contributed by atoms with van der Waals surface area (Å²) in [6.07, 6.45) is 0. The first kappa shape index (κ1) is 14.9. The number of nitrogens with zero attached hydrogens (tertiary/aromatic N) is 1. The summed E-state index contributed by atoms with van der Waals surface area (Å²) in [6, 6.07) is 15.0. The number of para-hydroxylation sites is 1. The van der Waals surface area contributed by atoms with Gasteiger partial charge in [-0.15, -0.1) is 11.3 Å². The molecule has 3 rings (SSSR count). The van der Waals surface area contributed by atoms with Gasteiger partial charge in [-0.1, -0.05) is 12.1 Å². The molecule has 0 amide bonds. The Kier molecular flexibility index (Phi) is 4.60. The summed E-state index contributed by atoms with van der Waals surface area (Å²) < 4.78 is 12.4. The molecule has 2 aromatic carbocycles. The summed E-state index contributed by atoms with van der Waals surface area (Å²) in [5.74, 6) is 1.39. The van der Waals surface area contributed by atoms with Gasteiger partial charge in [0.1, 0.15) is 11.5 Å². The number of fused-ring (bicyclic) bond motifs is 1. The highest BCUT2D eigenvalue weighted by atomic mass is 32.2. The van der Waals surface area contributed by atoms with Crippen LogP contribution in [0.2, 0.25) is 0 Å². The number of methoxy groups -OCH3 is 1. The van der Waals surface area contributed by atoms with Gasteiger partial charge in [-0.3, -0.25) is 4.79 Å². The molecule has 0 fully saturated rings. The zero-order valence-corrected chi connectivity index (χ0v) is 13.4. The number of thioether (sulfide) groups is 1. The second kappa shape index (κ2) is 6.81. The van der Waals surface area contributed by atoms with Gasteiger partial charge in [0.25, 0.3) is 0 Å². The number of hydrogen-bond donors (Lipinski definition) is 0. The highest BCUT2D eigenvalue weighted by molar-refractivity contribution is 8.15. The molecule has 0 unspecified atom stereocenters. The Labute approximate surface area is 136 Å². The zero-order chi connectivity index (χ0) is 15.4. The van der Waals surface area contributed by atoms with Gasteiger partial charge >= 0.3 is 0 Å². The molecule has 0 spiro atoms. The van der Waals surface area contributed by atoms with Gasteiger partial charge in [-0.25, -0.2) is 4.98 Å². The lowest BCUT2D eigenvalue weighted by molar-refractivity contribution is -0.112. The number of carbonyl (C=O) groups is 1. The van der Waals surface area contributed by atoms with Gasteiger partial charge in [0, 0.05) is 0 Å². The van der Waals surface area contributed by atoms with Crippen LogP contribution in [-0.4, -0.2) is 23.8 Å². The van der Waals surface area contributed by atoms with Gasteiger partial charge in [0.05, 0.1) is 17.3 Å². The molecule has 1 aromatic heterocycles. The van der Waals surface area contributed by atoms with E-state index in [2.05, 4.69) is 4.98 Å². The maximum atomic E-state index is 12.0. The first-order valence-electron chi connectivity index (χ1n) is 6.58. The minimum atomic E-state index is -0.0742. The second-order valence-electron chi connectivity index (χ2n) is 4.39. The Morgan fingerprint density at radius 3 is 2.59 bits per heavy atom. The molecule has 22 heavy (non-hydrogen) atoms. The largest absolute Gasteiger partial charge is 0.497 e. The molecule has 0 bridgehead atoms. The Hall–Kier alpha value is -2.05. The Balaban J connectivity index is 1.57. The van der Waals surface area contributed by atoms with Crippen molar-refractivity contribution in [3.63, 3.8) is 0 Å². The van der Waals surface area contributed by atoms with Crippen molar-refractivity contribution in [2.75, 3.05) is 13.7 Å². The Morgan fingerprint density at radius 1 is 1.14 bits per heavy atom. The van der Waals surface area contributed by atoms with Crippen LogP contribution in [0, 0.1) is 0 Å². The average Bonchev–Trinajstić information content (AvgIpc) is 2.95. The van der Waals surface area contributed by atoms with E-state index in [1.54, 1.807) is 31.4 Å². The Bertz CT molecular complexity index is 750. The standard InChI is InChI=1S/C16H13NO3S2/c1-19-11-6-8-12(9-7-11)20-10-15(18)22-16-17-13-4-2-3-5-14(13)21-16/h2-9H,10H2,1H3. The van der Waals surface area contributed by atoms with E-state index in [-0.39, 0.29) is 11.7 Å². The summed E-state index contributed by atoms with van der Waals surface area (Å²) in [5, 5.41) is -0.0742. The maximum Gasteiger partial charge on any atom is 0.233 e. The lowest BCUT2D eigenvalue weighted by Crippen LogP contribution is -2.07. The number of hydrogen-bond acceptors (Lipinski definition) is 6. The van der Waals surface area contributed by atoms with Crippen LogP contribution in [0.4, 0.5) is 0 Å². The first-order chi connectivity index (χ1) is 10.7. The van der Waals surface area contributed by atoms with E-state index < -0.39 is 0 Å². The van der Waals surface area contributed by atoms with Gasteiger partial charge in [-0.05, 0) is 48.2 Å². The average molecular weight is 331 g/mol. The van der Waals surface area contributed by atoms with Crippen LogP contribution >= 0.6 is 23.1 Å². The topological polar surface area (TPSA) is 48.4 Å². The summed E-state index contributed by atoms with van der Waals surface area (Å²) in [7, 11) is 1.61. The molecule has 0 aliphatic heterocycles. The van der Waals surface area contributed by atoms with Gasteiger partial charge in [-0.2, -0.15) is 0 Å². The summed E-state index contributed by atoms with van der Waals surface area (Å²) in [5.41, 5.74) is 0.916. The van der Waals surface area contributed by atoms with Crippen LogP contribution in [0.5, 0.6) is 11.5 Å². The van der Waals surface area contributed by atoms with E-state index in [0.717, 1.165) is 32.1 Å². The van der Waals surface area contributed by atoms with Crippen molar-refractivity contribution in [2.45, 2.75) is 4.34 Å². The normalized spacial score (nSPS) is 10.6. The smallest absolute Gasteiger partial charge is 0.233 e. The van der Waals surface area contributed by atoms with Crippen LogP contribution in [-0.2, 0) is 4.79 Å². The van der Waals surface area contributed by atoms with E-state index in [4.69, 9.17) is 9.47 Å². The molecular weight excluding hydrogens is 318 g/mol. The number of thiazole rings is 1. The van der Waals surface area contributed by atoms with Crippen molar-refractivity contribution in [1.82, 2.24) is 4.98 Å². The molecule has 1 heterocycles. The molecule has 112 valence electrons. The van der Waals surface area contributed by atoms with E-state index in [1.807, 2.05) is 24.3 Å². The van der Waals surface area contributed by atoms with Crippen molar-refractivity contribution < 1.29 is 14.3 Å².